The van der Waals surface area contributed by atoms with Gasteiger partial charge in [0.05, 0.1) is 4.90 Å². The van der Waals surface area contributed by atoms with Gasteiger partial charge in [-0.05, 0) is 46.3 Å². The van der Waals surface area contributed by atoms with Crippen LogP contribution in [0.1, 0.15) is 0 Å². The van der Waals surface area contributed by atoms with E-state index >= 15 is 0 Å². The van der Waals surface area contributed by atoms with Crippen molar-refractivity contribution in [1.82, 2.24) is 0 Å². The molecule has 0 saturated carbocycles. The SMILES string of the molecule is CS(=O)(=O)c1ccc(N2C=CC(O)=CC2(Br)C=O)cc1. The Balaban J connectivity index is 2.42. The lowest BCUT2D eigenvalue weighted by atomic mass is 10.1. The van der Waals surface area contributed by atoms with E-state index in [4.69, 9.17) is 0 Å². The van der Waals surface area contributed by atoms with Crippen LogP contribution in [0.2, 0.25) is 0 Å². The van der Waals surface area contributed by atoms with Gasteiger partial charge in [0.25, 0.3) is 0 Å². The third-order valence-corrected chi connectivity index (χ3v) is 4.75. The summed E-state index contributed by atoms with van der Waals surface area (Å²) in [5.41, 5.74) is 0.612. The molecule has 1 aliphatic heterocycles. The number of aldehydes is 1. The molecule has 106 valence electrons. The molecule has 0 fully saturated rings. The highest BCUT2D eigenvalue weighted by Gasteiger charge is 2.33. The van der Waals surface area contributed by atoms with Crippen molar-refractivity contribution < 1.29 is 18.3 Å². The largest absolute Gasteiger partial charge is 0.508 e. The number of alkyl halides is 1. The van der Waals surface area contributed by atoms with E-state index in [0.717, 1.165) is 6.26 Å². The zero-order chi connectivity index (χ0) is 15.0. The van der Waals surface area contributed by atoms with E-state index in [1.807, 2.05) is 0 Å². The Labute approximate surface area is 125 Å². The Morgan fingerprint density at radius 2 is 1.90 bits per heavy atom. The molecule has 0 aliphatic carbocycles. The normalized spacial score (nSPS) is 22.5. The van der Waals surface area contributed by atoms with Gasteiger partial charge in [0, 0.05) is 24.2 Å². The Kier molecular flexibility index (Phi) is 3.75. The van der Waals surface area contributed by atoms with Crippen molar-refractivity contribution in [3.05, 3.63) is 48.4 Å². The van der Waals surface area contributed by atoms with E-state index in [0.29, 0.717) is 12.0 Å². The number of benzene rings is 1. The van der Waals surface area contributed by atoms with Crippen molar-refractivity contribution in [2.75, 3.05) is 11.2 Å². The monoisotopic (exact) mass is 357 g/mol. The second kappa shape index (κ2) is 5.06. The van der Waals surface area contributed by atoms with Crippen LogP contribution >= 0.6 is 15.9 Å². The fourth-order valence-corrected chi connectivity index (χ4v) is 3.01. The predicted octanol–water partition coefficient (Wildman–Crippen LogP) is 2.16. The van der Waals surface area contributed by atoms with Gasteiger partial charge < -0.3 is 10.0 Å². The highest BCUT2D eigenvalue weighted by Crippen LogP contribution is 2.33. The summed E-state index contributed by atoms with van der Waals surface area (Å²) in [5, 5.41) is 9.47. The van der Waals surface area contributed by atoms with Crippen LogP contribution in [0.4, 0.5) is 5.69 Å². The Bertz CT molecular complexity index is 694. The zero-order valence-corrected chi connectivity index (χ0v) is 12.9. The number of hydrogen-bond acceptors (Lipinski definition) is 5. The first kappa shape index (κ1) is 14.8. The summed E-state index contributed by atoms with van der Waals surface area (Å²) in [4.78, 5) is 13.0. The van der Waals surface area contributed by atoms with Gasteiger partial charge in [-0.2, -0.15) is 0 Å². The van der Waals surface area contributed by atoms with Gasteiger partial charge in [0.1, 0.15) is 5.76 Å². The molecule has 5 nitrogen and oxygen atoms in total. The number of hydrogen-bond donors (Lipinski definition) is 1. The zero-order valence-electron chi connectivity index (χ0n) is 10.5. The molecular formula is C13H12BrNO4S. The molecule has 1 unspecified atom stereocenters. The molecule has 0 radical (unpaired) electrons. The third-order valence-electron chi connectivity index (χ3n) is 2.82. The van der Waals surface area contributed by atoms with Crippen LogP contribution in [0, 0.1) is 0 Å². The van der Waals surface area contributed by atoms with Crippen molar-refractivity contribution in [2.45, 2.75) is 9.34 Å². The molecular weight excluding hydrogens is 346 g/mol. The molecule has 0 bridgehead atoms. The quantitative estimate of drug-likeness (QED) is 0.509. The first-order valence-electron chi connectivity index (χ1n) is 5.61. The van der Waals surface area contributed by atoms with E-state index in [1.165, 1.54) is 30.5 Å². The lowest BCUT2D eigenvalue weighted by molar-refractivity contribution is -0.108. The Morgan fingerprint density at radius 1 is 1.30 bits per heavy atom. The maximum Gasteiger partial charge on any atom is 0.178 e. The fraction of sp³-hybridized carbons (Fsp3) is 0.154. The molecule has 0 saturated heterocycles. The topological polar surface area (TPSA) is 74.7 Å². The van der Waals surface area contributed by atoms with E-state index in [1.54, 1.807) is 17.0 Å². The molecule has 1 aromatic carbocycles. The number of carbonyl (C=O) groups excluding carboxylic acids is 1. The summed E-state index contributed by atoms with van der Waals surface area (Å²) < 4.78 is 21.6. The van der Waals surface area contributed by atoms with Crippen LogP contribution in [0.25, 0.3) is 0 Å². The lowest BCUT2D eigenvalue weighted by Crippen LogP contribution is -2.42. The number of halogens is 1. The number of rotatable bonds is 3. The predicted molar refractivity (Wildman–Crippen MR) is 79.6 cm³/mol. The van der Waals surface area contributed by atoms with Gasteiger partial charge in [-0.1, -0.05) is 0 Å². The molecule has 1 atom stereocenters. The second-order valence-corrected chi connectivity index (χ2v) is 7.65. The Hall–Kier alpha value is -1.60. The van der Waals surface area contributed by atoms with Gasteiger partial charge in [-0.3, -0.25) is 4.79 Å². The highest BCUT2D eigenvalue weighted by atomic mass is 79.9. The molecule has 0 amide bonds. The van der Waals surface area contributed by atoms with Crippen molar-refractivity contribution in [2.24, 2.45) is 0 Å². The number of aliphatic hydroxyl groups excluding tert-OH is 1. The van der Waals surface area contributed by atoms with Crippen LogP contribution < -0.4 is 4.90 Å². The first-order chi connectivity index (χ1) is 9.26. The van der Waals surface area contributed by atoms with Crippen LogP contribution in [0.15, 0.2) is 53.3 Å². The minimum atomic E-state index is -3.26. The average Bonchev–Trinajstić information content (AvgIpc) is 2.38. The van der Waals surface area contributed by atoms with Gasteiger partial charge >= 0.3 is 0 Å². The van der Waals surface area contributed by atoms with E-state index in [2.05, 4.69) is 15.9 Å². The minimum absolute atomic E-state index is 0.0296. The maximum absolute atomic E-state index is 11.4. The number of carbonyl (C=O) groups is 1. The molecule has 2 rings (SSSR count). The summed E-state index contributed by atoms with van der Waals surface area (Å²) in [6, 6.07) is 6.12. The van der Waals surface area contributed by atoms with E-state index in [-0.39, 0.29) is 10.7 Å². The molecule has 1 aliphatic rings. The molecule has 1 heterocycles. The molecule has 7 heteroatoms. The second-order valence-electron chi connectivity index (χ2n) is 4.37. The lowest BCUT2D eigenvalue weighted by Gasteiger charge is -2.34. The third kappa shape index (κ3) is 2.78. The summed E-state index contributed by atoms with van der Waals surface area (Å²) >= 11 is 3.25. The number of anilines is 1. The highest BCUT2D eigenvalue weighted by molar-refractivity contribution is 9.10. The molecule has 0 aromatic heterocycles. The van der Waals surface area contributed by atoms with Crippen molar-refractivity contribution in [1.29, 1.82) is 0 Å². The molecule has 20 heavy (non-hydrogen) atoms. The summed E-state index contributed by atoms with van der Waals surface area (Å²) in [5.74, 6) is -0.0296. The van der Waals surface area contributed by atoms with Crippen LogP contribution in [0.5, 0.6) is 0 Å². The summed E-state index contributed by atoms with van der Waals surface area (Å²) in [6.07, 6.45) is 6.09. The first-order valence-corrected chi connectivity index (χ1v) is 8.29. The summed E-state index contributed by atoms with van der Waals surface area (Å²) in [7, 11) is -3.26. The van der Waals surface area contributed by atoms with E-state index in [9.17, 15) is 18.3 Å². The van der Waals surface area contributed by atoms with Crippen LogP contribution in [-0.4, -0.2) is 30.5 Å². The molecule has 1 N–H and O–H groups in total. The van der Waals surface area contributed by atoms with Gasteiger partial charge in [-0.25, -0.2) is 8.42 Å². The fourth-order valence-electron chi connectivity index (χ4n) is 1.82. The van der Waals surface area contributed by atoms with Crippen molar-refractivity contribution >= 4 is 37.7 Å². The molecule has 0 spiro atoms. The number of nitrogens with zero attached hydrogens (tertiary/aromatic N) is 1. The smallest absolute Gasteiger partial charge is 0.178 e. The van der Waals surface area contributed by atoms with Gasteiger partial charge in [0.2, 0.25) is 0 Å². The number of allylic oxidation sites excluding steroid dienone is 1. The van der Waals surface area contributed by atoms with Gasteiger partial charge in [-0.15, -0.1) is 0 Å². The van der Waals surface area contributed by atoms with Gasteiger partial charge in [0.15, 0.2) is 20.6 Å². The number of sulfone groups is 1. The summed E-state index contributed by atoms with van der Waals surface area (Å²) in [6.45, 7) is 0. The standard InChI is InChI=1S/C13H12BrNO4S/c1-20(18,19)12-4-2-10(3-5-12)15-7-6-11(17)8-13(15,14)9-16/h2-9,17H,1H3. The molecule has 1 aromatic rings. The Morgan fingerprint density at radius 3 is 2.40 bits per heavy atom. The maximum atomic E-state index is 11.4. The number of aliphatic hydroxyl groups is 1. The van der Waals surface area contributed by atoms with Crippen LogP contribution in [-0.2, 0) is 14.6 Å². The van der Waals surface area contributed by atoms with E-state index < -0.39 is 14.3 Å². The van der Waals surface area contributed by atoms with Crippen LogP contribution in [0.3, 0.4) is 0 Å². The van der Waals surface area contributed by atoms with Crippen molar-refractivity contribution in [3.8, 4) is 0 Å². The van der Waals surface area contributed by atoms with Crippen molar-refractivity contribution in [3.63, 3.8) is 0 Å². The average molecular weight is 358 g/mol. The minimum Gasteiger partial charge on any atom is -0.508 e.